The maximum absolute atomic E-state index is 13.5. The van der Waals surface area contributed by atoms with Crippen LogP contribution in [0, 0.1) is 6.92 Å². The molecule has 0 aliphatic heterocycles. The maximum atomic E-state index is 13.5. The third-order valence-electron chi connectivity index (χ3n) is 7.59. The summed E-state index contributed by atoms with van der Waals surface area (Å²) < 4.78 is 0. The molecule has 2 heteroatoms. The number of aryl methyl sites for hydroxylation is 1. The van der Waals surface area contributed by atoms with Gasteiger partial charge in [0, 0.05) is 18.2 Å². The van der Waals surface area contributed by atoms with Crippen molar-refractivity contribution in [3.05, 3.63) is 71.9 Å². The second-order valence-corrected chi connectivity index (χ2v) is 10.8. The van der Waals surface area contributed by atoms with Gasteiger partial charge >= 0.3 is 0 Å². The van der Waals surface area contributed by atoms with E-state index in [0.717, 1.165) is 40.8 Å². The minimum Gasteiger partial charge on any atom is -0.360 e. The number of hydrogen-bond acceptors (Lipinski definition) is 1. The van der Waals surface area contributed by atoms with Gasteiger partial charge in [0.2, 0.25) is 0 Å². The van der Waals surface area contributed by atoms with Gasteiger partial charge in [-0.25, -0.2) is 0 Å². The molecule has 0 aliphatic rings. The predicted molar refractivity (Wildman–Crippen MR) is 160 cm³/mol. The van der Waals surface area contributed by atoms with Crippen LogP contribution in [-0.4, -0.2) is 10.8 Å². The third-order valence-corrected chi connectivity index (χ3v) is 7.59. The van der Waals surface area contributed by atoms with Gasteiger partial charge in [0.1, 0.15) is 0 Å². The molecular formula is C35H49NO. The first-order valence-electron chi connectivity index (χ1n) is 15.1. The molecule has 3 rings (SSSR count). The Balaban J connectivity index is 1.39. The van der Waals surface area contributed by atoms with Gasteiger partial charge in [0.05, 0.1) is 11.3 Å². The molecule has 37 heavy (non-hydrogen) atoms. The number of rotatable bonds is 19. The zero-order valence-electron chi connectivity index (χ0n) is 23.5. The van der Waals surface area contributed by atoms with Crippen molar-refractivity contribution >= 4 is 5.78 Å². The number of unbranched alkanes of at least 4 members (excludes halogenated alkanes) is 14. The van der Waals surface area contributed by atoms with Crippen LogP contribution >= 0.6 is 0 Å². The van der Waals surface area contributed by atoms with Gasteiger partial charge in [-0.2, -0.15) is 0 Å². The molecule has 1 aromatic heterocycles. The highest BCUT2D eigenvalue weighted by atomic mass is 16.1. The summed E-state index contributed by atoms with van der Waals surface area (Å²) >= 11 is 0. The molecule has 0 amide bonds. The number of H-pyrrole nitrogens is 1. The van der Waals surface area contributed by atoms with Crippen LogP contribution in [0.25, 0.3) is 22.4 Å². The normalized spacial score (nSPS) is 11.2. The Labute approximate surface area is 226 Å². The molecule has 0 unspecified atom stereocenters. The van der Waals surface area contributed by atoms with Crippen molar-refractivity contribution in [1.82, 2.24) is 4.98 Å². The van der Waals surface area contributed by atoms with E-state index < -0.39 is 0 Å². The zero-order valence-corrected chi connectivity index (χ0v) is 23.5. The lowest BCUT2D eigenvalue weighted by Gasteiger charge is -2.08. The standard InChI is InChI=1S/C35H49NO/c1-3-4-5-6-7-8-9-10-11-12-13-14-15-16-20-23-33(37)34-32(30-26-24-29(2)25-27-30)28-36-35(34)31-21-18-17-19-22-31/h17-19,21-22,24-28,36H,3-16,20,23H2,1-2H3. The topological polar surface area (TPSA) is 32.9 Å². The molecule has 0 radical (unpaired) electrons. The summed E-state index contributed by atoms with van der Waals surface area (Å²) in [5.74, 6) is 0.255. The van der Waals surface area contributed by atoms with E-state index in [4.69, 9.17) is 0 Å². The van der Waals surface area contributed by atoms with Crippen LogP contribution in [0.1, 0.15) is 126 Å². The molecule has 0 atom stereocenters. The number of hydrogen-bond donors (Lipinski definition) is 1. The van der Waals surface area contributed by atoms with Crippen molar-refractivity contribution < 1.29 is 4.79 Å². The van der Waals surface area contributed by atoms with Crippen molar-refractivity contribution in [2.24, 2.45) is 0 Å². The monoisotopic (exact) mass is 499 g/mol. The summed E-state index contributed by atoms with van der Waals surface area (Å²) in [5.41, 5.74) is 6.21. The minimum absolute atomic E-state index is 0.255. The highest BCUT2D eigenvalue weighted by Gasteiger charge is 2.20. The Morgan fingerprint density at radius 2 is 1.14 bits per heavy atom. The van der Waals surface area contributed by atoms with Gasteiger partial charge < -0.3 is 4.98 Å². The van der Waals surface area contributed by atoms with E-state index in [1.54, 1.807) is 0 Å². The number of nitrogens with one attached hydrogen (secondary N) is 1. The van der Waals surface area contributed by atoms with E-state index in [-0.39, 0.29) is 5.78 Å². The fourth-order valence-electron chi connectivity index (χ4n) is 5.29. The number of Topliss-reactive ketones (excluding diaryl/α,β-unsaturated/α-hetero) is 1. The lowest BCUT2D eigenvalue weighted by atomic mass is 9.94. The lowest BCUT2D eigenvalue weighted by molar-refractivity contribution is 0.0980. The van der Waals surface area contributed by atoms with Crippen LogP contribution < -0.4 is 0 Å². The molecule has 0 aliphatic carbocycles. The van der Waals surface area contributed by atoms with Crippen molar-refractivity contribution in [2.45, 2.75) is 117 Å². The number of benzene rings is 2. The third kappa shape index (κ3) is 9.99. The number of ketones is 1. The molecular weight excluding hydrogens is 450 g/mol. The van der Waals surface area contributed by atoms with Crippen molar-refractivity contribution in [1.29, 1.82) is 0 Å². The molecule has 0 fully saturated rings. The zero-order chi connectivity index (χ0) is 26.1. The SMILES string of the molecule is CCCCCCCCCCCCCCCCCC(=O)c1c(-c2ccc(C)cc2)c[nH]c1-c1ccccc1. The van der Waals surface area contributed by atoms with E-state index in [2.05, 4.69) is 55.2 Å². The quantitative estimate of drug-likeness (QED) is 0.129. The smallest absolute Gasteiger partial charge is 0.165 e. The van der Waals surface area contributed by atoms with E-state index in [1.807, 2.05) is 24.4 Å². The predicted octanol–water partition coefficient (Wildman–Crippen LogP) is 11.1. The van der Waals surface area contributed by atoms with Crippen LogP contribution in [0.3, 0.4) is 0 Å². The van der Waals surface area contributed by atoms with Gasteiger partial charge in [-0.15, -0.1) is 0 Å². The second-order valence-electron chi connectivity index (χ2n) is 10.8. The number of aromatic nitrogens is 1. The van der Waals surface area contributed by atoms with Gasteiger partial charge in [-0.1, -0.05) is 157 Å². The maximum Gasteiger partial charge on any atom is 0.165 e. The molecule has 3 aromatic rings. The Hall–Kier alpha value is -2.61. The summed E-state index contributed by atoms with van der Waals surface area (Å²) in [6, 6.07) is 18.7. The first-order valence-corrected chi connectivity index (χ1v) is 15.1. The molecule has 2 aromatic carbocycles. The molecule has 0 bridgehead atoms. The summed E-state index contributed by atoms with van der Waals surface area (Å²) in [6.07, 6.45) is 22.7. The van der Waals surface area contributed by atoms with Crippen LogP contribution in [0.4, 0.5) is 0 Å². The highest BCUT2D eigenvalue weighted by Crippen LogP contribution is 2.33. The highest BCUT2D eigenvalue weighted by molar-refractivity contribution is 6.07. The number of carbonyl (C=O) groups is 1. The molecule has 0 spiro atoms. The van der Waals surface area contributed by atoms with Crippen LogP contribution in [0.5, 0.6) is 0 Å². The number of carbonyl (C=O) groups excluding carboxylic acids is 1. The minimum atomic E-state index is 0.255. The Kier molecular flexibility index (Phi) is 13.3. The summed E-state index contributed by atoms with van der Waals surface area (Å²) in [4.78, 5) is 16.9. The van der Waals surface area contributed by atoms with Crippen molar-refractivity contribution in [3.8, 4) is 22.4 Å². The molecule has 1 N–H and O–H groups in total. The van der Waals surface area contributed by atoms with E-state index in [0.29, 0.717) is 6.42 Å². The summed E-state index contributed by atoms with van der Waals surface area (Å²) in [7, 11) is 0. The number of aromatic amines is 1. The van der Waals surface area contributed by atoms with E-state index in [1.165, 1.54) is 89.0 Å². The molecule has 1 heterocycles. The average Bonchev–Trinajstić information content (AvgIpc) is 3.37. The van der Waals surface area contributed by atoms with Gasteiger partial charge in [-0.3, -0.25) is 4.79 Å². The van der Waals surface area contributed by atoms with Crippen molar-refractivity contribution in [3.63, 3.8) is 0 Å². The lowest BCUT2D eigenvalue weighted by Crippen LogP contribution is -2.02. The average molecular weight is 500 g/mol. The van der Waals surface area contributed by atoms with Gasteiger partial charge in [-0.05, 0) is 24.5 Å². The summed E-state index contributed by atoms with van der Waals surface area (Å²) in [6.45, 7) is 4.38. The van der Waals surface area contributed by atoms with Crippen LogP contribution in [0.2, 0.25) is 0 Å². The molecule has 0 saturated heterocycles. The van der Waals surface area contributed by atoms with Crippen LogP contribution in [0.15, 0.2) is 60.8 Å². The van der Waals surface area contributed by atoms with E-state index in [9.17, 15) is 4.79 Å². The van der Waals surface area contributed by atoms with Crippen LogP contribution in [-0.2, 0) is 0 Å². The fourth-order valence-corrected chi connectivity index (χ4v) is 5.29. The Bertz CT molecular complexity index is 1020. The van der Waals surface area contributed by atoms with Crippen molar-refractivity contribution in [2.75, 3.05) is 0 Å². The van der Waals surface area contributed by atoms with Gasteiger partial charge in [0.25, 0.3) is 0 Å². The Morgan fingerprint density at radius 1 is 0.622 bits per heavy atom. The first-order chi connectivity index (χ1) is 18.2. The Morgan fingerprint density at radius 3 is 1.68 bits per heavy atom. The first kappa shape index (κ1) is 29.0. The summed E-state index contributed by atoms with van der Waals surface area (Å²) in [5, 5.41) is 0. The molecule has 2 nitrogen and oxygen atoms in total. The fraction of sp³-hybridized carbons (Fsp3) is 0.514. The molecule has 200 valence electrons. The largest absolute Gasteiger partial charge is 0.360 e. The van der Waals surface area contributed by atoms with E-state index >= 15 is 0 Å². The second kappa shape index (κ2) is 17.0. The molecule has 0 saturated carbocycles. The van der Waals surface area contributed by atoms with Gasteiger partial charge in [0.15, 0.2) is 5.78 Å².